The molecule has 1 heterocycles. The van der Waals surface area contributed by atoms with E-state index < -0.39 is 0 Å². The molecular weight excluding hydrogens is 142 g/mol. The van der Waals surface area contributed by atoms with Crippen LogP contribution in [0.4, 0.5) is 0 Å². The van der Waals surface area contributed by atoms with Gasteiger partial charge in [-0.15, -0.1) is 0 Å². The van der Waals surface area contributed by atoms with Crippen LogP contribution in [0, 0.1) is 5.41 Å². The molecule has 1 aliphatic rings. The fraction of sp³-hybridized carbons (Fsp3) is 0.714. The second kappa shape index (κ2) is 2.90. The lowest BCUT2D eigenvalue weighted by Crippen LogP contribution is -2.50. The number of hydrogen-bond acceptors (Lipinski definition) is 2. The van der Waals surface area contributed by atoms with Crippen LogP contribution in [0.3, 0.4) is 0 Å². The molecule has 0 aliphatic carbocycles. The van der Waals surface area contributed by atoms with E-state index in [-0.39, 0.29) is 5.91 Å². The zero-order valence-corrected chi connectivity index (χ0v) is 6.92. The molecule has 0 spiro atoms. The van der Waals surface area contributed by atoms with Gasteiger partial charge in [0.15, 0.2) is 5.96 Å². The molecular formula is C7H13N3O. The summed E-state index contributed by atoms with van der Waals surface area (Å²) in [6.07, 6.45) is 0.534. The smallest absolute Gasteiger partial charge is 0.230 e. The molecule has 0 atom stereocenters. The van der Waals surface area contributed by atoms with E-state index >= 15 is 0 Å². The first-order valence-corrected chi connectivity index (χ1v) is 3.77. The Morgan fingerprint density at radius 1 is 1.64 bits per heavy atom. The van der Waals surface area contributed by atoms with E-state index in [1.807, 2.05) is 11.8 Å². The lowest BCUT2D eigenvalue weighted by Gasteiger charge is -2.33. The van der Waals surface area contributed by atoms with E-state index in [9.17, 15) is 4.79 Å². The molecule has 1 saturated heterocycles. The third-order valence-corrected chi connectivity index (χ3v) is 1.97. The summed E-state index contributed by atoms with van der Waals surface area (Å²) in [6, 6.07) is 0. The molecule has 1 N–H and O–H groups in total. The molecule has 4 heteroatoms. The lowest BCUT2D eigenvalue weighted by molar-refractivity contribution is -0.128. The maximum Gasteiger partial charge on any atom is 0.230 e. The molecule has 0 aromatic heterocycles. The van der Waals surface area contributed by atoms with Crippen LogP contribution in [0.5, 0.6) is 0 Å². The van der Waals surface area contributed by atoms with Gasteiger partial charge in [-0.2, -0.15) is 0 Å². The summed E-state index contributed by atoms with van der Waals surface area (Å²) < 4.78 is 0. The zero-order valence-electron chi connectivity index (χ0n) is 6.92. The first-order valence-electron chi connectivity index (χ1n) is 3.77. The normalized spacial score (nSPS) is 19.5. The Hall–Kier alpha value is -1.06. The highest BCUT2D eigenvalue weighted by Gasteiger charge is 2.24. The fourth-order valence-corrected chi connectivity index (χ4v) is 1.14. The van der Waals surface area contributed by atoms with Gasteiger partial charge in [-0.1, -0.05) is 0 Å². The first-order chi connectivity index (χ1) is 5.16. The minimum Gasteiger partial charge on any atom is -0.342 e. The van der Waals surface area contributed by atoms with Gasteiger partial charge in [-0.3, -0.25) is 15.1 Å². The van der Waals surface area contributed by atoms with E-state index in [0.29, 0.717) is 18.9 Å². The minimum absolute atomic E-state index is 0.0414. The van der Waals surface area contributed by atoms with Crippen LogP contribution in [0.2, 0.25) is 0 Å². The molecule has 1 rings (SSSR count). The summed E-state index contributed by atoms with van der Waals surface area (Å²) in [5.74, 6) is 0.364. The lowest BCUT2D eigenvalue weighted by atomic mass is 10.3. The average molecular weight is 155 g/mol. The van der Waals surface area contributed by atoms with Crippen LogP contribution < -0.4 is 0 Å². The Bertz CT molecular complexity index is 190. The number of amides is 1. The van der Waals surface area contributed by atoms with E-state index in [2.05, 4.69) is 0 Å². The predicted molar refractivity (Wildman–Crippen MR) is 42.4 cm³/mol. The van der Waals surface area contributed by atoms with Crippen molar-refractivity contribution in [3.05, 3.63) is 0 Å². The fourth-order valence-electron chi connectivity index (χ4n) is 1.14. The maximum atomic E-state index is 11.0. The summed E-state index contributed by atoms with van der Waals surface area (Å²) >= 11 is 0. The highest BCUT2D eigenvalue weighted by atomic mass is 16.2. The van der Waals surface area contributed by atoms with Crippen LogP contribution in [0.25, 0.3) is 0 Å². The van der Waals surface area contributed by atoms with Gasteiger partial charge in [-0.25, -0.2) is 0 Å². The molecule has 11 heavy (non-hydrogen) atoms. The van der Waals surface area contributed by atoms with Crippen molar-refractivity contribution < 1.29 is 4.79 Å². The quantitative estimate of drug-likeness (QED) is 0.584. The Balaban J connectivity index is 2.67. The summed E-state index contributed by atoms with van der Waals surface area (Å²) in [5, 5.41) is 7.51. The Morgan fingerprint density at radius 3 is 2.82 bits per heavy atom. The molecule has 0 aromatic rings. The molecule has 4 nitrogen and oxygen atoms in total. The van der Waals surface area contributed by atoms with Crippen LogP contribution in [0.15, 0.2) is 0 Å². The standard InChI is InChI=1S/C7H13N3O/c1-3-10-5-4-6(11)9(2)7(10)8/h8H,3-5H2,1-2H3. The van der Waals surface area contributed by atoms with Crippen molar-refractivity contribution in [2.75, 3.05) is 20.1 Å². The third kappa shape index (κ3) is 1.34. The van der Waals surface area contributed by atoms with Gasteiger partial charge in [0.2, 0.25) is 5.91 Å². The molecule has 0 radical (unpaired) electrons. The van der Waals surface area contributed by atoms with E-state index in [1.165, 1.54) is 4.90 Å². The molecule has 1 fully saturated rings. The zero-order chi connectivity index (χ0) is 8.43. The summed E-state index contributed by atoms with van der Waals surface area (Å²) in [4.78, 5) is 14.3. The molecule has 1 aliphatic heterocycles. The van der Waals surface area contributed by atoms with Crippen molar-refractivity contribution in [1.82, 2.24) is 9.80 Å². The number of nitrogens with one attached hydrogen (secondary N) is 1. The maximum absolute atomic E-state index is 11.0. The summed E-state index contributed by atoms with van der Waals surface area (Å²) in [6.45, 7) is 3.48. The van der Waals surface area contributed by atoms with Crippen LogP contribution in [-0.2, 0) is 4.79 Å². The van der Waals surface area contributed by atoms with Crippen molar-refractivity contribution in [2.45, 2.75) is 13.3 Å². The van der Waals surface area contributed by atoms with Gasteiger partial charge in [0.25, 0.3) is 0 Å². The topological polar surface area (TPSA) is 47.4 Å². The van der Waals surface area contributed by atoms with E-state index in [1.54, 1.807) is 7.05 Å². The van der Waals surface area contributed by atoms with Crippen LogP contribution in [0.1, 0.15) is 13.3 Å². The Kier molecular flexibility index (Phi) is 2.12. The largest absolute Gasteiger partial charge is 0.342 e. The molecule has 62 valence electrons. The SMILES string of the molecule is CCN1CCC(=O)N(C)C1=N. The number of carbonyl (C=O) groups is 1. The highest BCUT2D eigenvalue weighted by molar-refractivity contribution is 5.97. The Morgan fingerprint density at radius 2 is 2.27 bits per heavy atom. The van der Waals surface area contributed by atoms with Crippen LogP contribution in [-0.4, -0.2) is 41.8 Å². The van der Waals surface area contributed by atoms with Gasteiger partial charge >= 0.3 is 0 Å². The monoisotopic (exact) mass is 155 g/mol. The van der Waals surface area contributed by atoms with Gasteiger partial charge in [0, 0.05) is 26.6 Å². The van der Waals surface area contributed by atoms with Crippen molar-refractivity contribution in [1.29, 1.82) is 5.41 Å². The number of nitrogens with zero attached hydrogens (tertiary/aromatic N) is 2. The summed E-state index contributed by atoms with van der Waals surface area (Å²) in [7, 11) is 1.65. The van der Waals surface area contributed by atoms with E-state index in [4.69, 9.17) is 5.41 Å². The number of rotatable bonds is 1. The number of guanidine groups is 1. The number of hydrogen-bond donors (Lipinski definition) is 1. The van der Waals surface area contributed by atoms with Gasteiger partial charge in [0.1, 0.15) is 0 Å². The van der Waals surface area contributed by atoms with Crippen molar-refractivity contribution in [2.24, 2.45) is 0 Å². The molecule has 0 unspecified atom stereocenters. The first kappa shape index (κ1) is 8.04. The highest BCUT2D eigenvalue weighted by Crippen LogP contribution is 2.05. The average Bonchev–Trinajstić information content (AvgIpc) is 2.01. The second-order valence-corrected chi connectivity index (χ2v) is 2.61. The molecule has 0 aromatic carbocycles. The number of carbonyl (C=O) groups excluding carboxylic acids is 1. The van der Waals surface area contributed by atoms with Crippen LogP contribution >= 0.6 is 0 Å². The van der Waals surface area contributed by atoms with Gasteiger partial charge < -0.3 is 4.90 Å². The summed E-state index contributed by atoms with van der Waals surface area (Å²) in [5.41, 5.74) is 0. The second-order valence-electron chi connectivity index (χ2n) is 2.61. The minimum atomic E-state index is 0.0414. The van der Waals surface area contributed by atoms with E-state index in [0.717, 1.165) is 6.54 Å². The van der Waals surface area contributed by atoms with Crippen molar-refractivity contribution >= 4 is 11.9 Å². The molecule has 0 bridgehead atoms. The van der Waals surface area contributed by atoms with Crippen molar-refractivity contribution in [3.63, 3.8) is 0 Å². The predicted octanol–water partition coefficient (Wildman–Crippen LogP) is 0.105. The Labute approximate surface area is 66.3 Å². The third-order valence-electron chi connectivity index (χ3n) is 1.97. The van der Waals surface area contributed by atoms with Gasteiger partial charge in [0.05, 0.1) is 0 Å². The molecule has 0 saturated carbocycles. The van der Waals surface area contributed by atoms with Gasteiger partial charge in [-0.05, 0) is 6.92 Å². The van der Waals surface area contributed by atoms with Crippen molar-refractivity contribution in [3.8, 4) is 0 Å². The molecule has 1 amide bonds.